The summed E-state index contributed by atoms with van der Waals surface area (Å²) < 4.78 is 37.4. The van der Waals surface area contributed by atoms with E-state index in [2.05, 4.69) is 0 Å². The number of benzene rings is 1. The van der Waals surface area contributed by atoms with Crippen molar-refractivity contribution in [2.45, 2.75) is 36.7 Å². The van der Waals surface area contributed by atoms with Crippen LogP contribution in [0.25, 0.3) is 0 Å². The minimum absolute atomic E-state index is 0.124. The van der Waals surface area contributed by atoms with Gasteiger partial charge in [0, 0.05) is 16.7 Å². The van der Waals surface area contributed by atoms with Gasteiger partial charge < -0.3 is 5.73 Å². The number of hydrogen-bond acceptors (Lipinski definition) is 2. The molecule has 0 amide bonds. The molecule has 0 aromatic heterocycles. The maximum absolute atomic E-state index is 12.5. The second-order valence-corrected chi connectivity index (χ2v) is 5.31. The lowest BCUT2D eigenvalue weighted by atomic mass is 10.1. The van der Waals surface area contributed by atoms with Crippen molar-refractivity contribution in [3.8, 4) is 0 Å². The van der Waals surface area contributed by atoms with Crippen molar-refractivity contribution in [3.63, 3.8) is 0 Å². The molecule has 90 valence electrons. The highest BCUT2D eigenvalue weighted by atomic mass is 32.2. The maximum Gasteiger partial charge on any atom is 0.416 e. The Balaban J connectivity index is 3.07. The lowest BCUT2D eigenvalue weighted by Gasteiger charge is -2.13. The van der Waals surface area contributed by atoms with Gasteiger partial charge in [0.15, 0.2) is 0 Å². The van der Waals surface area contributed by atoms with Crippen LogP contribution >= 0.6 is 11.8 Å². The van der Waals surface area contributed by atoms with Crippen LogP contribution in [0.5, 0.6) is 0 Å². The van der Waals surface area contributed by atoms with Gasteiger partial charge in [0.25, 0.3) is 0 Å². The minimum Gasteiger partial charge on any atom is -0.326 e. The van der Waals surface area contributed by atoms with Crippen LogP contribution in [0.4, 0.5) is 13.2 Å². The summed E-state index contributed by atoms with van der Waals surface area (Å²) in [4.78, 5) is 0.825. The summed E-state index contributed by atoms with van der Waals surface area (Å²) in [6.45, 7) is 4.10. The Hall–Kier alpha value is -0.680. The molecule has 0 spiro atoms. The highest BCUT2D eigenvalue weighted by Gasteiger charge is 2.30. The summed E-state index contributed by atoms with van der Waals surface area (Å²) in [5.74, 6) is 0. The van der Waals surface area contributed by atoms with Gasteiger partial charge in [-0.3, -0.25) is 0 Å². The summed E-state index contributed by atoms with van der Waals surface area (Å²) in [5, 5.41) is 0.321. The van der Waals surface area contributed by atoms with Gasteiger partial charge in [0.05, 0.1) is 5.56 Å². The summed E-state index contributed by atoms with van der Waals surface area (Å²) in [5.41, 5.74) is 5.37. The van der Waals surface area contributed by atoms with Crippen LogP contribution in [0.3, 0.4) is 0 Å². The van der Waals surface area contributed by atoms with E-state index in [-0.39, 0.29) is 6.54 Å². The number of rotatable bonds is 3. The Morgan fingerprint density at radius 2 is 1.94 bits per heavy atom. The van der Waals surface area contributed by atoms with Crippen molar-refractivity contribution < 1.29 is 13.2 Å². The van der Waals surface area contributed by atoms with Crippen LogP contribution < -0.4 is 5.73 Å². The van der Waals surface area contributed by atoms with Crippen molar-refractivity contribution in [1.29, 1.82) is 0 Å². The molecule has 0 atom stereocenters. The number of hydrogen-bond donors (Lipinski definition) is 1. The van der Waals surface area contributed by atoms with Gasteiger partial charge in [0.2, 0.25) is 0 Å². The molecule has 1 aromatic carbocycles. The topological polar surface area (TPSA) is 26.0 Å². The Morgan fingerprint density at radius 1 is 1.31 bits per heavy atom. The van der Waals surface area contributed by atoms with Crippen LogP contribution in [0.2, 0.25) is 0 Å². The number of nitrogens with two attached hydrogens (primary N) is 1. The quantitative estimate of drug-likeness (QED) is 0.827. The molecule has 5 heteroatoms. The monoisotopic (exact) mass is 249 g/mol. The van der Waals surface area contributed by atoms with Gasteiger partial charge in [-0.25, -0.2) is 0 Å². The van der Waals surface area contributed by atoms with E-state index in [1.165, 1.54) is 17.8 Å². The molecule has 16 heavy (non-hydrogen) atoms. The summed E-state index contributed by atoms with van der Waals surface area (Å²) in [6.07, 6.45) is -4.30. The van der Waals surface area contributed by atoms with Crippen LogP contribution in [0, 0.1) is 0 Å². The van der Waals surface area contributed by atoms with Gasteiger partial charge in [0.1, 0.15) is 0 Å². The normalized spacial score (nSPS) is 12.2. The van der Waals surface area contributed by atoms with Crippen LogP contribution in [0.1, 0.15) is 25.0 Å². The van der Waals surface area contributed by atoms with E-state index in [9.17, 15) is 13.2 Å². The molecule has 1 nitrogen and oxygen atoms in total. The van der Waals surface area contributed by atoms with Crippen LogP contribution in [-0.2, 0) is 12.7 Å². The maximum atomic E-state index is 12.5. The van der Waals surface area contributed by atoms with E-state index < -0.39 is 11.7 Å². The number of alkyl halides is 3. The van der Waals surface area contributed by atoms with E-state index in [4.69, 9.17) is 5.73 Å². The molecule has 0 saturated heterocycles. The largest absolute Gasteiger partial charge is 0.416 e. The first-order valence-corrected chi connectivity index (χ1v) is 5.79. The molecule has 0 aliphatic rings. The van der Waals surface area contributed by atoms with Gasteiger partial charge in [-0.05, 0) is 23.8 Å². The average Bonchev–Trinajstić information content (AvgIpc) is 2.15. The standard InChI is InChI=1S/C11H14F3NS/c1-7(2)16-10-4-3-9(11(12,13)14)5-8(10)6-15/h3-5,7H,6,15H2,1-2H3. The van der Waals surface area contributed by atoms with Crippen molar-refractivity contribution in [2.75, 3.05) is 0 Å². The third-order valence-electron chi connectivity index (χ3n) is 1.97. The Morgan fingerprint density at radius 3 is 2.38 bits per heavy atom. The molecule has 0 aliphatic heterocycles. The van der Waals surface area contributed by atoms with Crippen molar-refractivity contribution in [3.05, 3.63) is 29.3 Å². The minimum atomic E-state index is -4.30. The molecule has 0 unspecified atom stereocenters. The third-order valence-corrected chi connectivity index (χ3v) is 3.09. The molecular weight excluding hydrogens is 235 g/mol. The van der Waals surface area contributed by atoms with Crippen molar-refractivity contribution in [2.24, 2.45) is 5.73 Å². The predicted octanol–water partition coefficient (Wildman–Crippen LogP) is 3.66. The average molecular weight is 249 g/mol. The zero-order valence-corrected chi connectivity index (χ0v) is 9.95. The molecule has 1 aromatic rings. The molecule has 0 radical (unpaired) electrons. The molecule has 0 saturated carbocycles. The Labute approximate surface area is 97.2 Å². The zero-order valence-electron chi connectivity index (χ0n) is 9.14. The van der Waals surface area contributed by atoms with E-state index in [1.54, 1.807) is 0 Å². The summed E-state index contributed by atoms with van der Waals surface area (Å²) in [7, 11) is 0. The van der Waals surface area contributed by atoms with Gasteiger partial charge in [-0.1, -0.05) is 13.8 Å². The lowest BCUT2D eigenvalue weighted by molar-refractivity contribution is -0.137. The summed E-state index contributed by atoms with van der Waals surface area (Å²) in [6, 6.07) is 3.73. The van der Waals surface area contributed by atoms with Crippen molar-refractivity contribution >= 4 is 11.8 Å². The first kappa shape index (κ1) is 13.4. The third kappa shape index (κ3) is 3.42. The Kier molecular flexibility index (Phi) is 4.27. The van der Waals surface area contributed by atoms with Gasteiger partial charge >= 0.3 is 6.18 Å². The van der Waals surface area contributed by atoms with Crippen molar-refractivity contribution in [1.82, 2.24) is 0 Å². The lowest BCUT2D eigenvalue weighted by Crippen LogP contribution is -2.08. The summed E-state index contributed by atoms with van der Waals surface area (Å²) >= 11 is 1.52. The van der Waals surface area contributed by atoms with E-state index in [0.29, 0.717) is 10.8 Å². The van der Waals surface area contributed by atoms with E-state index in [1.807, 2.05) is 13.8 Å². The van der Waals surface area contributed by atoms with E-state index >= 15 is 0 Å². The van der Waals surface area contributed by atoms with Gasteiger partial charge in [-0.15, -0.1) is 11.8 Å². The highest BCUT2D eigenvalue weighted by molar-refractivity contribution is 8.00. The molecule has 0 bridgehead atoms. The fourth-order valence-electron chi connectivity index (χ4n) is 1.28. The second kappa shape index (κ2) is 5.10. The fourth-order valence-corrected chi connectivity index (χ4v) is 2.23. The zero-order chi connectivity index (χ0) is 12.3. The van der Waals surface area contributed by atoms with Crippen LogP contribution in [-0.4, -0.2) is 5.25 Å². The van der Waals surface area contributed by atoms with E-state index in [0.717, 1.165) is 17.0 Å². The predicted molar refractivity (Wildman–Crippen MR) is 60.3 cm³/mol. The second-order valence-electron chi connectivity index (χ2n) is 3.69. The molecule has 1 rings (SSSR count). The Bertz CT molecular complexity index is 361. The molecule has 0 aliphatic carbocycles. The SMILES string of the molecule is CC(C)Sc1ccc(C(F)(F)F)cc1CN. The molecule has 0 fully saturated rings. The highest BCUT2D eigenvalue weighted by Crippen LogP contribution is 2.34. The molecule has 2 N–H and O–H groups in total. The number of halogens is 3. The van der Waals surface area contributed by atoms with Gasteiger partial charge in [-0.2, -0.15) is 13.2 Å². The first-order valence-electron chi connectivity index (χ1n) is 4.91. The van der Waals surface area contributed by atoms with Crippen LogP contribution in [0.15, 0.2) is 23.1 Å². The smallest absolute Gasteiger partial charge is 0.326 e. The molecule has 0 heterocycles. The number of thioether (sulfide) groups is 1. The first-order chi connectivity index (χ1) is 7.34. The molecular formula is C11H14F3NS. The fraction of sp³-hybridized carbons (Fsp3) is 0.455.